The number of hydrogen-bond donors (Lipinski definition) is 0. The van der Waals surface area contributed by atoms with E-state index in [2.05, 4.69) is 4.98 Å². The predicted octanol–water partition coefficient (Wildman–Crippen LogP) is 2.12. The number of carbonyl (C=O) groups is 2. The molecular weight excluding hydrogens is 404 g/mol. The van der Waals surface area contributed by atoms with Crippen molar-refractivity contribution in [3.05, 3.63) is 99.2 Å². The summed E-state index contributed by atoms with van der Waals surface area (Å²) in [5.74, 6) is -0.322. The summed E-state index contributed by atoms with van der Waals surface area (Å²) in [6.45, 7) is 1.20. The van der Waals surface area contributed by atoms with Gasteiger partial charge in [-0.05, 0) is 35.2 Å². The highest BCUT2D eigenvalue weighted by Crippen LogP contribution is 2.22. The Bertz CT molecular complexity index is 1190. The van der Waals surface area contributed by atoms with E-state index < -0.39 is 0 Å². The molecule has 0 spiro atoms. The highest BCUT2D eigenvalue weighted by molar-refractivity contribution is 5.95. The van der Waals surface area contributed by atoms with E-state index in [1.165, 1.54) is 4.90 Å². The van der Waals surface area contributed by atoms with Gasteiger partial charge in [0.15, 0.2) is 0 Å². The first-order valence-corrected chi connectivity index (χ1v) is 10.6. The average Bonchev–Trinajstić information content (AvgIpc) is 2.80. The summed E-state index contributed by atoms with van der Waals surface area (Å²) in [6.07, 6.45) is 4.18. The first-order valence-electron chi connectivity index (χ1n) is 10.6. The second-order valence-corrected chi connectivity index (χ2v) is 8.19. The third-order valence-corrected chi connectivity index (χ3v) is 5.70. The van der Waals surface area contributed by atoms with Crippen LogP contribution in [0.5, 0.6) is 0 Å². The monoisotopic (exact) mass is 430 g/mol. The van der Waals surface area contributed by atoms with Crippen molar-refractivity contribution >= 4 is 11.8 Å². The number of fused-ring (bicyclic) bond motifs is 1. The maximum atomic E-state index is 13.3. The van der Waals surface area contributed by atoms with Crippen molar-refractivity contribution in [2.45, 2.75) is 25.9 Å². The molecule has 0 bridgehead atoms. The van der Waals surface area contributed by atoms with Gasteiger partial charge < -0.3 is 14.4 Å². The summed E-state index contributed by atoms with van der Waals surface area (Å²) < 4.78 is 1.58. The Labute approximate surface area is 186 Å². The van der Waals surface area contributed by atoms with E-state index in [-0.39, 0.29) is 29.4 Å². The number of nitrogens with zero attached hydrogens (tertiary/aromatic N) is 4. The van der Waals surface area contributed by atoms with Crippen LogP contribution >= 0.6 is 0 Å². The van der Waals surface area contributed by atoms with Gasteiger partial charge in [0.2, 0.25) is 5.91 Å². The second kappa shape index (κ2) is 9.18. The smallest absolute Gasteiger partial charge is 0.264 e. The lowest BCUT2D eigenvalue weighted by Crippen LogP contribution is -2.41. The van der Waals surface area contributed by atoms with Gasteiger partial charge in [-0.25, -0.2) is 0 Å². The van der Waals surface area contributed by atoms with Crippen LogP contribution in [0.2, 0.25) is 0 Å². The number of hydrogen-bond acceptors (Lipinski definition) is 4. The molecule has 1 aliphatic rings. The van der Waals surface area contributed by atoms with Crippen molar-refractivity contribution in [1.29, 1.82) is 0 Å². The van der Waals surface area contributed by atoms with E-state index in [1.807, 2.05) is 48.5 Å². The summed E-state index contributed by atoms with van der Waals surface area (Å²) >= 11 is 0. The minimum absolute atomic E-state index is 0.0179. The molecule has 0 atom stereocenters. The van der Waals surface area contributed by atoms with E-state index >= 15 is 0 Å². The van der Waals surface area contributed by atoms with Crippen LogP contribution in [-0.4, -0.2) is 51.8 Å². The number of rotatable bonds is 5. The minimum Gasteiger partial charge on any atom is -0.345 e. The summed E-state index contributed by atoms with van der Waals surface area (Å²) in [5.41, 5.74) is 3.20. The molecule has 1 aromatic carbocycles. The lowest BCUT2D eigenvalue weighted by Gasteiger charge is -2.31. The molecule has 2 aromatic heterocycles. The number of carbonyl (C=O) groups excluding carboxylic acids is 2. The fraction of sp³-hybridized carbons (Fsp3) is 0.280. The Hall–Kier alpha value is -3.74. The van der Waals surface area contributed by atoms with Crippen LogP contribution in [0.25, 0.3) is 0 Å². The largest absolute Gasteiger partial charge is 0.345 e. The quantitative estimate of drug-likeness (QED) is 0.621. The topological polar surface area (TPSA) is 75.5 Å². The van der Waals surface area contributed by atoms with Crippen LogP contribution in [-0.2, 0) is 30.7 Å². The Morgan fingerprint density at radius 1 is 1.06 bits per heavy atom. The van der Waals surface area contributed by atoms with Gasteiger partial charge in [0.1, 0.15) is 5.56 Å². The zero-order valence-electron chi connectivity index (χ0n) is 18.3. The van der Waals surface area contributed by atoms with Gasteiger partial charge in [-0.3, -0.25) is 19.4 Å². The molecule has 0 saturated carbocycles. The number of aromatic nitrogens is 2. The molecule has 0 unspecified atom stereocenters. The fourth-order valence-electron chi connectivity index (χ4n) is 4.04. The van der Waals surface area contributed by atoms with Crippen LogP contribution in [0, 0.1) is 0 Å². The lowest BCUT2D eigenvalue weighted by atomic mass is 9.95. The molecule has 0 radical (unpaired) electrons. The number of pyridine rings is 2. The second-order valence-electron chi connectivity index (χ2n) is 8.19. The fourth-order valence-corrected chi connectivity index (χ4v) is 4.04. The predicted molar refractivity (Wildman–Crippen MR) is 121 cm³/mol. The first-order chi connectivity index (χ1) is 15.4. The van der Waals surface area contributed by atoms with Gasteiger partial charge in [-0.1, -0.05) is 36.4 Å². The molecule has 3 aromatic rings. The molecule has 0 fully saturated rings. The van der Waals surface area contributed by atoms with Crippen LogP contribution in [0.15, 0.2) is 65.7 Å². The van der Waals surface area contributed by atoms with Crippen molar-refractivity contribution in [3.8, 4) is 0 Å². The Balaban J connectivity index is 1.68. The number of amides is 2. The van der Waals surface area contributed by atoms with E-state index in [0.717, 1.165) is 22.4 Å². The Morgan fingerprint density at radius 2 is 1.81 bits per heavy atom. The van der Waals surface area contributed by atoms with Crippen LogP contribution in [0.1, 0.15) is 32.7 Å². The maximum Gasteiger partial charge on any atom is 0.264 e. The molecule has 0 aliphatic carbocycles. The third kappa shape index (κ3) is 4.46. The van der Waals surface area contributed by atoms with Gasteiger partial charge in [0, 0.05) is 45.3 Å². The van der Waals surface area contributed by atoms with Crippen molar-refractivity contribution in [1.82, 2.24) is 19.4 Å². The Kier molecular flexibility index (Phi) is 6.16. The molecule has 0 N–H and O–H groups in total. The molecule has 3 heterocycles. The molecule has 0 saturated heterocycles. The standard InChI is InChI=1S/C25H26N4O3/c1-27(2)24(31)23-21-11-13-28(22(30)14-20-10-6-7-12-26-20)16-19(21)17-29(25(23)32)15-18-8-4-3-5-9-18/h3-10,12,17H,11,13-16H2,1-2H3. The normalized spacial score (nSPS) is 12.9. The number of benzene rings is 1. The van der Waals surface area contributed by atoms with Crippen LogP contribution in [0.4, 0.5) is 0 Å². The lowest BCUT2D eigenvalue weighted by molar-refractivity contribution is -0.131. The van der Waals surface area contributed by atoms with Crippen molar-refractivity contribution in [3.63, 3.8) is 0 Å². The average molecular weight is 431 g/mol. The van der Waals surface area contributed by atoms with Gasteiger partial charge in [0.25, 0.3) is 11.5 Å². The first kappa shape index (κ1) is 21.5. The highest BCUT2D eigenvalue weighted by atomic mass is 16.2. The van der Waals surface area contributed by atoms with E-state index in [0.29, 0.717) is 26.1 Å². The zero-order chi connectivity index (χ0) is 22.7. The van der Waals surface area contributed by atoms with E-state index in [9.17, 15) is 14.4 Å². The summed E-state index contributed by atoms with van der Waals surface area (Å²) in [4.78, 5) is 46.5. The van der Waals surface area contributed by atoms with Gasteiger partial charge in [-0.2, -0.15) is 0 Å². The molecule has 164 valence electrons. The molecular formula is C25H26N4O3. The van der Waals surface area contributed by atoms with Crippen molar-refractivity contribution < 1.29 is 9.59 Å². The molecule has 1 aliphatic heterocycles. The van der Waals surface area contributed by atoms with Crippen molar-refractivity contribution in [2.24, 2.45) is 0 Å². The summed E-state index contributed by atoms with van der Waals surface area (Å²) in [5, 5.41) is 0. The highest BCUT2D eigenvalue weighted by Gasteiger charge is 2.28. The van der Waals surface area contributed by atoms with E-state index in [4.69, 9.17) is 0 Å². The van der Waals surface area contributed by atoms with Gasteiger partial charge in [0.05, 0.1) is 13.0 Å². The zero-order valence-corrected chi connectivity index (χ0v) is 18.3. The molecule has 2 amide bonds. The minimum atomic E-state index is -0.304. The Morgan fingerprint density at radius 3 is 2.50 bits per heavy atom. The van der Waals surface area contributed by atoms with Crippen LogP contribution in [0.3, 0.4) is 0 Å². The molecule has 7 nitrogen and oxygen atoms in total. The van der Waals surface area contributed by atoms with E-state index in [1.54, 1.807) is 36.0 Å². The summed E-state index contributed by atoms with van der Waals surface area (Å²) in [6, 6.07) is 15.2. The SMILES string of the molecule is CN(C)C(=O)c1c2c(cn(Cc3ccccc3)c1=O)CN(C(=O)Cc1ccccn1)CC2. The van der Waals surface area contributed by atoms with Crippen molar-refractivity contribution in [2.75, 3.05) is 20.6 Å². The molecule has 7 heteroatoms. The third-order valence-electron chi connectivity index (χ3n) is 5.70. The molecule has 4 rings (SSSR count). The summed E-state index contributed by atoms with van der Waals surface area (Å²) in [7, 11) is 3.29. The maximum absolute atomic E-state index is 13.3. The van der Waals surface area contributed by atoms with Gasteiger partial charge >= 0.3 is 0 Å². The molecule has 32 heavy (non-hydrogen) atoms. The van der Waals surface area contributed by atoms with Gasteiger partial charge in [-0.15, -0.1) is 0 Å². The van der Waals surface area contributed by atoms with Crippen LogP contribution < -0.4 is 5.56 Å².